The quantitative estimate of drug-likeness (QED) is 0.408. The summed E-state index contributed by atoms with van der Waals surface area (Å²) in [5.74, 6) is 0. The maximum absolute atomic E-state index is 8.42. The molecule has 0 aliphatic carbocycles. The average molecular weight is 219 g/mol. The van der Waals surface area contributed by atoms with E-state index in [0.717, 1.165) is 0 Å². The first-order valence-electron chi connectivity index (χ1n) is 0.901. The van der Waals surface area contributed by atoms with E-state index in [9.17, 15) is 0 Å². The molecule has 0 aromatic carbocycles. The van der Waals surface area contributed by atoms with E-state index in [2.05, 4.69) is 0 Å². The van der Waals surface area contributed by atoms with E-state index < -0.39 is 6.16 Å². The predicted molar refractivity (Wildman–Crippen MR) is 11.8 cm³/mol. The summed E-state index contributed by atoms with van der Waals surface area (Å²) in [5.41, 5.74) is 0. The predicted octanol–water partition coefficient (Wildman–Crippen LogP) is -2.95. The summed E-state index contributed by atoms with van der Waals surface area (Å²) in [7, 11) is 0. The summed E-state index contributed by atoms with van der Waals surface area (Å²) in [6.07, 6.45) is -2.33. The zero-order valence-corrected chi connectivity index (χ0v) is 7.77. The van der Waals surface area contributed by atoms with Gasteiger partial charge >= 0.3 is 60.9 Å². The Hall–Kier alpha value is 1.07. The molecule has 4 nitrogen and oxygen atoms in total. The van der Waals surface area contributed by atoms with Crippen LogP contribution in [0.5, 0.6) is 0 Å². The third kappa shape index (κ3) is 159. The van der Waals surface area contributed by atoms with Crippen molar-refractivity contribution in [2.75, 3.05) is 0 Å². The molecule has 0 amide bonds. The molecule has 0 fully saturated rings. The van der Waals surface area contributed by atoms with Gasteiger partial charge < -0.3 is 15.0 Å². The van der Waals surface area contributed by atoms with Gasteiger partial charge in [0.05, 0.1) is 0 Å². The van der Waals surface area contributed by atoms with Crippen LogP contribution in [0.4, 0.5) is 4.79 Å². The van der Waals surface area contributed by atoms with Crippen molar-refractivity contribution in [2.45, 2.75) is 0 Å². The van der Waals surface area contributed by atoms with E-state index in [1.54, 1.807) is 0 Å². The van der Waals surface area contributed by atoms with Crippen molar-refractivity contribution in [3.8, 4) is 0 Å². The molecular weight excluding hydrogens is 219 g/mol. The van der Waals surface area contributed by atoms with Gasteiger partial charge in [-0.2, -0.15) is 0 Å². The molecule has 7 heavy (non-hydrogen) atoms. The fraction of sp³-hybridized carbons (Fsp3) is 0. The molecule has 0 aromatic rings. The molecule has 0 spiro atoms. The first kappa shape index (κ1) is 15.7. The van der Waals surface area contributed by atoms with Crippen LogP contribution in [0.3, 0.4) is 0 Å². The van der Waals surface area contributed by atoms with Crippen molar-refractivity contribution in [1.29, 1.82) is 0 Å². The monoisotopic (exact) mass is 220 g/mol. The maximum atomic E-state index is 8.42. The zero-order chi connectivity index (χ0) is 5.58. The molecule has 38 valence electrons. The van der Waals surface area contributed by atoms with E-state index in [-0.39, 0.29) is 60.5 Å². The first-order valence-corrected chi connectivity index (χ1v) is 2.32. The molecule has 0 aliphatic rings. The van der Waals surface area contributed by atoms with E-state index in [1.165, 1.54) is 0 Å². The molecule has 0 heterocycles. The Kier molecular flexibility index (Phi) is 35.3. The SMILES string of the molecule is O=C([O-])[O-].[Fe+2].[O]=[Sr]. The second kappa shape index (κ2) is 15.7. The minimum absolute atomic E-state index is 0. The Balaban J connectivity index is -0.0000000480. The van der Waals surface area contributed by atoms with Crippen molar-refractivity contribution in [3.05, 3.63) is 0 Å². The van der Waals surface area contributed by atoms with Gasteiger partial charge in [0, 0.05) is 0 Å². The van der Waals surface area contributed by atoms with Crippen LogP contribution in [0.2, 0.25) is 0 Å². The fourth-order valence-corrected chi connectivity index (χ4v) is 0. The molecule has 0 atom stereocenters. The van der Waals surface area contributed by atoms with Crippen molar-refractivity contribution in [3.63, 3.8) is 0 Å². The zero-order valence-electron chi connectivity index (χ0n) is 3.19. The molecule has 0 saturated heterocycles. The molecular formula is CFeO4Sr. The molecule has 0 unspecified atom stereocenters. The standard InChI is InChI=1S/CH2O3.Fe.O.Sr/c2-1(3)4;;;/h(H2,2,3,4);;;/q;+2;;/p-2. The second-order valence-electron chi connectivity index (χ2n) is 0.250. The van der Waals surface area contributed by atoms with Gasteiger partial charge in [-0.25, -0.2) is 0 Å². The van der Waals surface area contributed by atoms with Gasteiger partial charge in [0.1, 0.15) is 0 Å². The van der Waals surface area contributed by atoms with E-state index in [1.807, 2.05) is 0 Å². The molecule has 0 N–H and O–H groups in total. The van der Waals surface area contributed by atoms with E-state index >= 15 is 0 Å². The Morgan fingerprint density at radius 1 is 1.29 bits per heavy atom. The van der Waals surface area contributed by atoms with E-state index in [4.69, 9.17) is 15.5 Å². The van der Waals surface area contributed by atoms with Crippen LogP contribution in [-0.4, -0.2) is 49.6 Å². The van der Waals surface area contributed by atoms with Crippen LogP contribution in [0.15, 0.2) is 0 Å². The Morgan fingerprint density at radius 3 is 1.29 bits per heavy atom. The van der Waals surface area contributed by atoms with Crippen molar-refractivity contribution >= 4 is 49.6 Å². The summed E-state index contributed by atoms with van der Waals surface area (Å²) in [4.78, 5) is 8.33. The average Bonchev–Trinajstić information content (AvgIpc) is 1.41. The summed E-state index contributed by atoms with van der Waals surface area (Å²) in [5, 5.41) is 16.7. The minimum atomic E-state index is -2.33. The number of carbonyl (C=O) groups is 1. The van der Waals surface area contributed by atoms with Crippen molar-refractivity contribution < 1.29 is 32.5 Å². The van der Waals surface area contributed by atoms with Gasteiger partial charge in [-0.3, -0.25) is 0 Å². The summed E-state index contributed by atoms with van der Waals surface area (Å²) >= 11 is -0.1000. The van der Waals surface area contributed by atoms with Gasteiger partial charge in [0.2, 0.25) is 0 Å². The third-order valence-corrected chi connectivity index (χ3v) is 0. The summed E-state index contributed by atoms with van der Waals surface area (Å²) in [6, 6.07) is 0. The molecule has 0 bridgehead atoms. The summed E-state index contributed by atoms with van der Waals surface area (Å²) in [6.45, 7) is 0. The normalized spacial score (nSPS) is 4.29. The second-order valence-corrected chi connectivity index (χ2v) is 0.250. The van der Waals surface area contributed by atoms with E-state index in [0.29, 0.717) is 0 Å². The number of hydrogen-bond acceptors (Lipinski definition) is 4. The fourth-order valence-electron chi connectivity index (χ4n) is 0. The van der Waals surface area contributed by atoms with Gasteiger partial charge in [-0.15, -0.1) is 0 Å². The molecule has 0 radical (unpaired) electrons. The molecule has 0 saturated carbocycles. The number of rotatable bonds is 0. The first-order chi connectivity index (χ1) is 2.73. The van der Waals surface area contributed by atoms with Crippen molar-refractivity contribution in [1.82, 2.24) is 0 Å². The summed E-state index contributed by atoms with van der Waals surface area (Å²) < 4.78 is 8.42. The van der Waals surface area contributed by atoms with Gasteiger partial charge in [0.25, 0.3) is 0 Å². The van der Waals surface area contributed by atoms with Crippen molar-refractivity contribution in [2.24, 2.45) is 0 Å². The number of hydrogen-bond donors (Lipinski definition) is 0. The molecule has 0 rings (SSSR count). The van der Waals surface area contributed by atoms with Crippen LogP contribution in [0.1, 0.15) is 0 Å². The topological polar surface area (TPSA) is 80.3 Å². The molecule has 0 aromatic heterocycles. The Morgan fingerprint density at radius 2 is 1.29 bits per heavy atom. The van der Waals surface area contributed by atoms with Gasteiger partial charge in [0.15, 0.2) is 0 Å². The Labute approximate surface area is 80.9 Å². The molecule has 0 aliphatic heterocycles. The van der Waals surface area contributed by atoms with Crippen LogP contribution in [0, 0.1) is 0 Å². The van der Waals surface area contributed by atoms with Crippen LogP contribution in [0.25, 0.3) is 0 Å². The van der Waals surface area contributed by atoms with Gasteiger partial charge in [-0.05, 0) is 6.16 Å². The van der Waals surface area contributed by atoms with Crippen LogP contribution in [-0.2, 0) is 17.5 Å². The van der Waals surface area contributed by atoms with Gasteiger partial charge in [-0.1, -0.05) is 0 Å². The Bertz CT molecular complexity index is 43.0. The van der Waals surface area contributed by atoms with Crippen LogP contribution < -0.4 is 10.2 Å². The number of carbonyl (C=O) groups excluding carboxylic acids is 1. The third-order valence-electron chi connectivity index (χ3n) is 0. The van der Waals surface area contributed by atoms with Crippen LogP contribution >= 0.6 is 0 Å². The number of carboxylic acid groups (broad SMARTS) is 2. The molecule has 6 heteroatoms.